The quantitative estimate of drug-likeness (QED) is 0.528. The summed E-state index contributed by atoms with van der Waals surface area (Å²) in [6.45, 7) is 10.9. The van der Waals surface area contributed by atoms with E-state index in [1.165, 1.54) is 29.7 Å². The molecule has 0 bridgehead atoms. The number of benzene rings is 2. The van der Waals surface area contributed by atoms with Crippen LogP contribution in [0.15, 0.2) is 53.0 Å². The maximum Gasteiger partial charge on any atom is 0.410 e. The van der Waals surface area contributed by atoms with Gasteiger partial charge in [0.15, 0.2) is 0 Å². The molecule has 0 spiro atoms. The van der Waals surface area contributed by atoms with Crippen LogP contribution in [0.5, 0.6) is 0 Å². The van der Waals surface area contributed by atoms with Gasteiger partial charge in [-0.2, -0.15) is 0 Å². The van der Waals surface area contributed by atoms with Crippen LogP contribution in [0.4, 0.5) is 10.5 Å². The molecule has 2 fully saturated rings. The minimum atomic E-state index is -0.449. The number of halogens is 1. The molecule has 6 heteroatoms. The predicted molar refractivity (Wildman–Crippen MR) is 133 cm³/mol. The Kier molecular flexibility index (Phi) is 7.11. The molecule has 2 saturated heterocycles. The summed E-state index contributed by atoms with van der Waals surface area (Å²) in [5, 5.41) is 0. The Bertz CT molecular complexity index is 917. The number of carbonyl (C=O) groups is 1. The topological polar surface area (TPSA) is 36.0 Å². The molecule has 1 amide bonds. The lowest BCUT2D eigenvalue weighted by Crippen LogP contribution is -2.49. The average Bonchev–Trinajstić information content (AvgIpc) is 3.24. The number of nitrogens with zero attached hydrogens (tertiary/aromatic N) is 3. The molecule has 1 atom stereocenters. The van der Waals surface area contributed by atoms with E-state index in [4.69, 9.17) is 4.74 Å². The number of rotatable bonds is 4. The lowest BCUT2D eigenvalue weighted by atomic mass is 9.97. The summed E-state index contributed by atoms with van der Waals surface area (Å²) in [5.41, 5.74) is 3.67. The number of carbonyl (C=O) groups excluding carboxylic acids is 1. The first-order chi connectivity index (χ1) is 15.3. The second-order valence-electron chi connectivity index (χ2n) is 9.77. The van der Waals surface area contributed by atoms with Crippen LogP contribution in [0.3, 0.4) is 0 Å². The van der Waals surface area contributed by atoms with Crippen LogP contribution in [-0.2, 0) is 11.3 Å². The summed E-state index contributed by atoms with van der Waals surface area (Å²) in [7, 11) is 0. The fourth-order valence-electron chi connectivity index (χ4n) is 4.69. The zero-order valence-corrected chi connectivity index (χ0v) is 21.0. The molecule has 5 nitrogen and oxygen atoms in total. The summed E-state index contributed by atoms with van der Waals surface area (Å²) in [6.07, 6.45) is 2.19. The normalized spacial score (nSPS) is 19.9. The SMILES string of the molecule is CC(C)(C)OC(=O)N1CCN(Cc2ccccc2C2CCCN2c2ccc(Br)cc2)CC1. The van der Waals surface area contributed by atoms with Crippen LogP contribution >= 0.6 is 15.9 Å². The molecule has 2 aromatic rings. The van der Waals surface area contributed by atoms with Gasteiger partial charge in [0.1, 0.15) is 5.60 Å². The van der Waals surface area contributed by atoms with Crippen molar-refractivity contribution in [1.29, 1.82) is 0 Å². The third-order valence-corrected chi connectivity index (χ3v) is 6.77. The van der Waals surface area contributed by atoms with Crippen molar-refractivity contribution in [2.75, 3.05) is 37.6 Å². The standard InChI is InChI=1S/C26H34BrN3O2/c1-26(2,3)32-25(31)29-17-15-28(16-18-29)19-20-7-4-5-8-23(20)24-9-6-14-30(24)22-12-10-21(27)11-13-22/h4-5,7-8,10-13,24H,6,9,14-19H2,1-3H3. The van der Waals surface area contributed by atoms with Crippen molar-refractivity contribution in [3.8, 4) is 0 Å². The van der Waals surface area contributed by atoms with E-state index in [9.17, 15) is 4.79 Å². The minimum Gasteiger partial charge on any atom is -0.444 e. The van der Waals surface area contributed by atoms with E-state index in [1.54, 1.807) is 0 Å². The molecule has 0 saturated carbocycles. The Morgan fingerprint density at radius 1 is 1.00 bits per heavy atom. The molecular weight excluding hydrogens is 466 g/mol. The van der Waals surface area contributed by atoms with E-state index >= 15 is 0 Å². The third kappa shape index (κ3) is 5.65. The Balaban J connectivity index is 1.42. The summed E-state index contributed by atoms with van der Waals surface area (Å²) in [6, 6.07) is 18.0. The van der Waals surface area contributed by atoms with Crippen LogP contribution in [-0.4, -0.2) is 54.2 Å². The molecule has 1 unspecified atom stereocenters. The third-order valence-electron chi connectivity index (χ3n) is 6.24. The first-order valence-electron chi connectivity index (χ1n) is 11.6. The van der Waals surface area contributed by atoms with E-state index in [-0.39, 0.29) is 6.09 Å². The van der Waals surface area contributed by atoms with Crippen molar-refractivity contribution in [3.05, 3.63) is 64.1 Å². The Hall–Kier alpha value is -2.05. The molecule has 0 radical (unpaired) electrons. The van der Waals surface area contributed by atoms with Crippen LogP contribution in [0.2, 0.25) is 0 Å². The molecule has 32 heavy (non-hydrogen) atoms. The van der Waals surface area contributed by atoms with Crippen LogP contribution < -0.4 is 4.90 Å². The number of hydrogen-bond donors (Lipinski definition) is 0. The van der Waals surface area contributed by atoms with Gasteiger partial charge in [-0.15, -0.1) is 0 Å². The number of amides is 1. The number of piperazine rings is 1. The molecule has 172 valence electrons. The fourth-order valence-corrected chi connectivity index (χ4v) is 4.96. The fraction of sp³-hybridized carbons (Fsp3) is 0.500. The van der Waals surface area contributed by atoms with Crippen LogP contribution in [0.1, 0.15) is 50.8 Å². The van der Waals surface area contributed by atoms with Crippen molar-refractivity contribution < 1.29 is 9.53 Å². The van der Waals surface area contributed by atoms with E-state index in [1.807, 2.05) is 25.7 Å². The Morgan fingerprint density at radius 3 is 2.38 bits per heavy atom. The van der Waals surface area contributed by atoms with E-state index in [0.29, 0.717) is 19.1 Å². The van der Waals surface area contributed by atoms with Gasteiger partial charge in [-0.25, -0.2) is 4.79 Å². The maximum atomic E-state index is 12.4. The monoisotopic (exact) mass is 499 g/mol. The smallest absolute Gasteiger partial charge is 0.410 e. The molecule has 2 aliphatic heterocycles. The van der Waals surface area contributed by atoms with Crippen molar-refractivity contribution >= 4 is 27.7 Å². The summed E-state index contributed by atoms with van der Waals surface area (Å²) in [5.74, 6) is 0. The molecule has 0 N–H and O–H groups in total. The minimum absolute atomic E-state index is 0.200. The van der Waals surface area contributed by atoms with E-state index in [0.717, 1.165) is 30.7 Å². The number of anilines is 1. The van der Waals surface area contributed by atoms with Crippen molar-refractivity contribution in [1.82, 2.24) is 9.80 Å². The maximum absolute atomic E-state index is 12.4. The highest BCUT2D eigenvalue weighted by Crippen LogP contribution is 2.38. The van der Waals surface area contributed by atoms with Crippen LogP contribution in [0.25, 0.3) is 0 Å². The van der Waals surface area contributed by atoms with Gasteiger partial charge in [0.05, 0.1) is 6.04 Å². The highest BCUT2D eigenvalue weighted by molar-refractivity contribution is 9.10. The van der Waals surface area contributed by atoms with Gasteiger partial charge >= 0.3 is 6.09 Å². The van der Waals surface area contributed by atoms with Gasteiger partial charge in [0, 0.05) is 49.4 Å². The van der Waals surface area contributed by atoms with Gasteiger partial charge in [0.2, 0.25) is 0 Å². The molecular formula is C26H34BrN3O2. The average molecular weight is 500 g/mol. The second kappa shape index (κ2) is 9.84. The van der Waals surface area contributed by atoms with Gasteiger partial charge in [0.25, 0.3) is 0 Å². The number of ether oxygens (including phenoxy) is 1. The largest absolute Gasteiger partial charge is 0.444 e. The first kappa shape index (κ1) is 23.1. The molecule has 0 aromatic heterocycles. The van der Waals surface area contributed by atoms with Crippen LogP contribution in [0, 0.1) is 0 Å². The number of hydrogen-bond acceptors (Lipinski definition) is 4. The molecule has 4 rings (SSSR count). The zero-order chi connectivity index (χ0) is 22.7. The van der Waals surface area contributed by atoms with Gasteiger partial charge in [-0.1, -0.05) is 40.2 Å². The summed E-state index contributed by atoms with van der Waals surface area (Å²) >= 11 is 3.55. The summed E-state index contributed by atoms with van der Waals surface area (Å²) in [4.78, 5) is 19.2. The lowest BCUT2D eigenvalue weighted by Gasteiger charge is -2.36. The second-order valence-corrected chi connectivity index (χ2v) is 10.7. The van der Waals surface area contributed by atoms with E-state index < -0.39 is 5.60 Å². The summed E-state index contributed by atoms with van der Waals surface area (Å²) < 4.78 is 6.65. The molecule has 2 heterocycles. The van der Waals surface area contributed by atoms with Crippen molar-refractivity contribution in [3.63, 3.8) is 0 Å². The Morgan fingerprint density at radius 2 is 1.69 bits per heavy atom. The highest BCUT2D eigenvalue weighted by atomic mass is 79.9. The van der Waals surface area contributed by atoms with Gasteiger partial charge in [-0.05, 0) is 69.0 Å². The first-order valence-corrected chi connectivity index (χ1v) is 12.4. The van der Waals surface area contributed by atoms with Gasteiger partial charge < -0.3 is 14.5 Å². The molecule has 0 aliphatic carbocycles. The zero-order valence-electron chi connectivity index (χ0n) is 19.4. The Labute approximate surface area is 200 Å². The van der Waals surface area contributed by atoms with E-state index in [2.05, 4.69) is 74.3 Å². The van der Waals surface area contributed by atoms with Crippen molar-refractivity contribution in [2.45, 2.75) is 51.8 Å². The lowest BCUT2D eigenvalue weighted by molar-refractivity contribution is 0.0139. The predicted octanol–water partition coefficient (Wildman–Crippen LogP) is 5.84. The molecule has 2 aromatic carbocycles. The highest BCUT2D eigenvalue weighted by Gasteiger charge is 2.29. The van der Waals surface area contributed by atoms with Crippen molar-refractivity contribution in [2.24, 2.45) is 0 Å². The molecule has 2 aliphatic rings. The van der Waals surface area contributed by atoms with Gasteiger partial charge in [-0.3, -0.25) is 4.90 Å².